The molecule has 2 N–H and O–H groups in total. The Kier molecular flexibility index (Phi) is 3.51. The van der Waals surface area contributed by atoms with E-state index in [0.29, 0.717) is 25.2 Å². The Morgan fingerprint density at radius 2 is 1.95 bits per heavy atom. The van der Waals surface area contributed by atoms with Crippen LogP contribution in [0.15, 0.2) is 42.5 Å². The Labute approximate surface area is 116 Å². The molecular weight excluding hydrogens is 258 g/mol. The van der Waals surface area contributed by atoms with E-state index >= 15 is 0 Å². The molecule has 1 unspecified atom stereocenters. The van der Waals surface area contributed by atoms with Crippen LogP contribution >= 0.6 is 0 Å². The van der Waals surface area contributed by atoms with Crippen LogP contribution < -0.4 is 5.73 Å². The monoisotopic (exact) mass is 274 g/mol. The third-order valence-electron chi connectivity index (χ3n) is 3.84. The van der Waals surface area contributed by atoms with E-state index in [1.165, 1.54) is 18.2 Å². The van der Waals surface area contributed by atoms with Crippen LogP contribution in [0, 0.1) is 11.6 Å². The van der Waals surface area contributed by atoms with Gasteiger partial charge in [-0.25, -0.2) is 8.78 Å². The van der Waals surface area contributed by atoms with E-state index in [0.717, 1.165) is 11.1 Å². The zero-order chi connectivity index (χ0) is 14.1. The van der Waals surface area contributed by atoms with Crippen LogP contribution in [-0.2, 0) is 13.1 Å². The summed E-state index contributed by atoms with van der Waals surface area (Å²) in [6.07, 6.45) is 0. The standard InChI is InChI=1S/C16H16F2N2/c17-13-6-5-11-9-20(16(8-19)14(11)7-13)10-12-3-1-2-4-15(12)18/h1-7,16H,8-10,19H2. The SMILES string of the molecule is NCC1c2cc(F)ccc2CN1Cc1ccccc1F. The van der Waals surface area contributed by atoms with E-state index in [4.69, 9.17) is 5.73 Å². The summed E-state index contributed by atoms with van der Waals surface area (Å²) in [7, 11) is 0. The number of fused-ring (bicyclic) bond motifs is 1. The van der Waals surface area contributed by atoms with Crippen LogP contribution in [-0.4, -0.2) is 11.4 Å². The van der Waals surface area contributed by atoms with Gasteiger partial charge >= 0.3 is 0 Å². The van der Waals surface area contributed by atoms with Gasteiger partial charge in [0.1, 0.15) is 11.6 Å². The molecule has 0 saturated carbocycles. The molecule has 4 heteroatoms. The van der Waals surface area contributed by atoms with Crippen molar-refractivity contribution < 1.29 is 8.78 Å². The van der Waals surface area contributed by atoms with Crippen molar-refractivity contribution >= 4 is 0 Å². The highest BCUT2D eigenvalue weighted by molar-refractivity contribution is 5.35. The Bertz CT molecular complexity index is 628. The average Bonchev–Trinajstić information content (AvgIpc) is 2.78. The van der Waals surface area contributed by atoms with Crippen LogP contribution in [0.3, 0.4) is 0 Å². The first-order valence-corrected chi connectivity index (χ1v) is 6.65. The Balaban J connectivity index is 1.88. The first-order chi connectivity index (χ1) is 9.69. The predicted octanol–water partition coefficient (Wildman–Crippen LogP) is 2.98. The topological polar surface area (TPSA) is 29.3 Å². The van der Waals surface area contributed by atoms with Gasteiger partial charge in [0.25, 0.3) is 0 Å². The maximum atomic E-state index is 13.7. The molecule has 1 aliphatic heterocycles. The second kappa shape index (κ2) is 5.31. The van der Waals surface area contributed by atoms with Gasteiger partial charge in [0.15, 0.2) is 0 Å². The van der Waals surface area contributed by atoms with E-state index in [2.05, 4.69) is 4.90 Å². The lowest BCUT2D eigenvalue weighted by atomic mass is 10.0. The van der Waals surface area contributed by atoms with Gasteiger partial charge in [-0.3, -0.25) is 4.90 Å². The van der Waals surface area contributed by atoms with E-state index < -0.39 is 0 Å². The van der Waals surface area contributed by atoms with Crippen LogP contribution in [0.4, 0.5) is 8.78 Å². The number of rotatable bonds is 3. The summed E-state index contributed by atoms with van der Waals surface area (Å²) in [4.78, 5) is 2.09. The molecule has 0 spiro atoms. The van der Waals surface area contributed by atoms with Gasteiger partial charge < -0.3 is 5.73 Å². The van der Waals surface area contributed by atoms with Crippen molar-refractivity contribution in [2.24, 2.45) is 5.73 Å². The largest absolute Gasteiger partial charge is 0.329 e. The fraction of sp³-hybridized carbons (Fsp3) is 0.250. The molecule has 104 valence electrons. The van der Waals surface area contributed by atoms with E-state index in [9.17, 15) is 8.78 Å². The van der Waals surface area contributed by atoms with Gasteiger partial charge in [0.05, 0.1) is 0 Å². The minimum absolute atomic E-state index is 0.0553. The fourth-order valence-corrected chi connectivity index (χ4v) is 2.83. The van der Waals surface area contributed by atoms with E-state index in [1.807, 2.05) is 6.07 Å². The molecule has 0 saturated heterocycles. The number of benzene rings is 2. The number of hydrogen-bond acceptors (Lipinski definition) is 2. The lowest BCUT2D eigenvalue weighted by Crippen LogP contribution is -2.27. The lowest BCUT2D eigenvalue weighted by Gasteiger charge is -2.24. The van der Waals surface area contributed by atoms with Gasteiger partial charge in [-0.15, -0.1) is 0 Å². The molecule has 0 aromatic heterocycles. The molecule has 20 heavy (non-hydrogen) atoms. The Hall–Kier alpha value is -1.78. The summed E-state index contributed by atoms with van der Waals surface area (Å²) in [5, 5.41) is 0. The molecule has 2 nitrogen and oxygen atoms in total. The summed E-state index contributed by atoms with van der Waals surface area (Å²) in [6, 6.07) is 11.4. The molecule has 0 fully saturated rings. The first-order valence-electron chi connectivity index (χ1n) is 6.65. The van der Waals surface area contributed by atoms with Gasteiger partial charge in [-0.05, 0) is 29.3 Å². The molecule has 0 amide bonds. The van der Waals surface area contributed by atoms with Gasteiger partial charge in [0, 0.05) is 31.2 Å². The van der Waals surface area contributed by atoms with Crippen LogP contribution in [0.1, 0.15) is 22.7 Å². The summed E-state index contributed by atoms with van der Waals surface area (Å²) >= 11 is 0. The maximum Gasteiger partial charge on any atom is 0.127 e. The van der Waals surface area contributed by atoms with Crippen molar-refractivity contribution in [1.82, 2.24) is 4.90 Å². The predicted molar refractivity (Wildman–Crippen MR) is 73.8 cm³/mol. The highest BCUT2D eigenvalue weighted by Crippen LogP contribution is 2.34. The third-order valence-corrected chi connectivity index (χ3v) is 3.84. The number of nitrogens with two attached hydrogens (primary N) is 1. The van der Waals surface area contributed by atoms with Gasteiger partial charge in [-0.1, -0.05) is 24.3 Å². The minimum Gasteiger partial charge on any atom is -0.329 e. The van der Waals surface area contributed by atoms with Crippen molar-refractivity contribution in [1.29, 1.82) is 0 Å². The van der Waals surface area contributed by atoms with Crippen molar-refractivity contribution in [3.63, 3.8) is 0 Å². The zero-order valence-corrected chi connectivity index (χ0v) is 11.0. The maximum absolute atomic E-state index is 13.7. The molecule has 1 heterocycles. The molecule has 2 aromatic rings. The molecular formula is C16H16F2N2. The number of hydrogen-bond donors (Lipinski definition) is 1. The first kappa shape index (κ1) is 13.2. The molecule has 2 aromatic carbocycles. The Morgan fingerprint density at radius 1 is 1.15 bits per heavy atom. The molecule has 0 bridgehead atoms. The van der Waals surface area contributed by atoms with Crippen molar-refractivity contribution in [3.8, 4) is 0 Å². The van der Waals surface area contributed by atoms with Crippen LogP contribution in [0.25, 0.3) is 0 Å². The smallest absolute Gasteiger partial charge is 0.127 e. The fourth-order valence-electron chi connectivity index (χ4n) is 2.83. The third kappa shape index (κ3) is 2.32. The number of nitrogens with zero attached hydrogens (tertiary/aromatic N) is 1. The average molecular weight is 274 g/mol. The summed E-state index contributed by atoms with van der Waals surface area (Å²) in [5.74, 6) is -0.472. The van der Waals surface area contributed by atoms with Crippen molar-refractivity contribution in [2.45, 2.75) is 19.1 Å². The summed E-state index contributed by atoms with van der Waals surface area (Å²) in [6.45, 7) is 1.54. The molecule has 1 atom stereocenters. The van der Waals surface area contributed by atoms with Crippen molar-refractivity contribution in [3.05, 3.63) is 70.8 Å². The zero-order valence-electron chi connectivity index (χ0n) is 11.0. The summed E-state index contributed by atoms with van der Waals surface area (Å²) < 4.78 is 27.1. The minimum atomic E-state index is -0.255. The Morgan fingerprint density at radius 3 is 2.70 bits per heavy atom. The highest BCUT2D eigenvalue weighted by atomic mass is 19.1. The molecule has 0 aliphatic carbocycles. The molecule has 0 radical (unpaired) electrons. The van der Waals surface area contributed by atoms with Crippen LogP contribution in [0.5, 0.6) is 0 Å². The second-order valence-corrected chi connectivity index (χ2v) is 5.09. The van der Waals surface area contributed by atoms with Gasteiger partial charge in [0.2, 0.25) is 0 Å². The second-order valence-electron chi connectivity index (χ2n) is 5.09. The quantitative estimate of drug-likeness (QED) is 0.932. The van der Waals surface area contributed by atoms with E-state index in [1.54, 1.807) is 18.2 Å². The van der Waals surface area contributed by atoms with Gasteiger partial charge in [-0.2, -0.15) is 0 Å². The lowest BCUT2D eigenvalue weighted by molar-refractivity contribution is 0.208. The normalized spacial score (nSPS) is 18.2. The van der Waals surface area contributed by atoms with E-state index in [-0.39, 0.29) is 17.7 Å². The molecule has 3 rings (SSSR count). The molecule has 1 aliphatic rings. The highest BCUT2D eigenvalue weighted by Gasteiger charge is 2.29. The van der Waals surface area contributed by atoms with Crippen LogP contribution in [0.2, 0.25) is 0 Å². The summed E-state index contributed by atoms with van der Waals surface area (Å²) in [5.41, 5.74) is 8.45. The number of halogens is 2. The van der Waals surface area contributed by atoms with Crippen molar-refractivity contribution in [2.75, 3.05) is 6.54 Å².